The number of nitrogens with zero attached hydrogens (tertiary/aromatic N) is 2. The van der Waals surface area contributed by atoms with Gasteiger partial charge in [-0.2, -0.15) is 0 Å². The van der Waals surface area contributed by atoms with E-state index in [1.807, 2.05) is 92.7 Å². The number of hydrogen-bond donors (Lipinski definition) is 1. The average Bonchev–Trinajstić information content (AvgIpc) is 3.68. The summed E-state index contributed by atoms with van der Waals surface area (Å²) in [4.78, 5) is 33.6. The number of hydrogen-bond acceptors (Lipinski definition) is 7. The van der Waals surface area contributed by atoms with Gasteiger partial charge >= 0.3 is 5.91 Å². The molecule has 1 aromatic heterocycles. The highest BCUT2D eigenvalue weighted by Crippen LogP contribution is 2.45. The zero-order chi connectivity index (χ0) is 29.7. The molecule has 0 radical (unpaired) electrons. The number of aromatic nitrogens is 1. The van der Waals surface area contributed by atoms with E-state index in [-0.39, 0.29) is 17.4 Å². The molecule has 3 heterocycles. The van der Waals surface area contributed by atoms with Crippen molar-refractivity contribution in [3.8, 4) is 11.5 Å². The molecule has 214 valence electrons. The molecule has 2 aliphatic heterocycles. The highest BCUT2D eigenvalue weighted by Gasteiger charge is 2.48. The van der Waals surface area contributed by atoms with Crippen molar-refractivity contribution < 1.29 is 24.2 Å². The van der Waals surface area contributed by atoms with Gasteiger partial charge in [0.15, 0.2) is 5.13 Å². The van der Waals surface area contributed by atoms with Crippen molar-refractivity contribution in [2.45, 2.75) is 39.0 Å². The number of amides is 1. The lowest BCUT2D eigenvalue weighted by Crippen LogP contribution is -2.29. The standard InChI is InChI=1S/C35H28N2O5S/c1-20-11-13-27-29(15-20)43-35(36-27)37-31(23-9-6-10-26(18-23)41-19-22-7-4-3-5-8-22)30(33(39)34(37)40)32(38)24-12-14-28-25(17-24)16-21(2)42-28/h3-15,17-18,21,31,38H,16,19H2,1-2H3/b32-30+/t21-,31+/m1/s1. The molecule has 1 saturated heterocycles. The number of aryl methyl sites for hydroxylation is 1. The first-order valence-electron chi connectivity index (χ1n) is 14.1. The van der Waals surface area contributed by atoms with Gasteiger partial charge in [-0.1, -0.05) is 59.9 Å². The van der Waals surface area contributed by atoms with Crippen LogP contribution in [0.5, 0.6) is 11.5 Å². The molecule has 2 atom stereocenters. The van der Waals surface area contributed by atoms with Crippen LogP contribution in [0.3, 0.4) is 0 Å². The maximum atomic E-state index is 13.8. The van der Waals surface area contributed by atoms with Gasteiger partial charge in [0.2, 0.25) is 0 Å². The molecule has 7 rings (SSSR count). The normalized spacial score (nSPS) is 19.1. The maximum Gasteiger partial charge on any atom is 0.301 e. The molecule has 1 amide bonds. The molecule has 0 unspecified atom stereocenters. The maximum absolute atomic E-state index is 13.8. The van der Waals surface area contributed by atoms with Gasteiger partial charge in [0.05, 0.1) is 21.8 Å². The van der Waals surface area contributed by atoms with E-state index in [2.05, 4.69) is 0 Å². The van der Waals surface area contributed by atoms with Crippen LogP contribution in [-0.2, 0) is 22.6 Å². The molecular formula is C35H28N2O5S. The van der Waals surface area contributed by atoms with E-state index in [9.17, 15) is 14.7 Å². The molecule has 0 spiro atoms. The summed E-state index contributed by atoms with van der Waals surface area (Å²) < 4.78 is 12.8. The Kier molecular flexibility index (Phi) is 6.70. The minimum atomic E-state index is -0.912. The number of ether oxygens (including phenoxy) is 2. The first-order chi connectivity index (χ1) is 20.9. The van der Waals surface area contributed by atoms with Crippen LogP contribution in [-0.4, -0.2) is 27.9 Å². The van der Waals surface area contributed by atoms with Crippen LogP contribution in [0.15, 0.2) is 96.6 Å². The highest BCUT2D eigenvalue weighted by molar-refractivity contribution is 7.22. The number of rotatable bonds is 6. The number of benzene rings is 4. The Labute approximate surface area is 252 Å². The van der Waals surface area contributed by atoms with E-state index < -0.39 is 17.7 Å². The molecule has 1 N–H and O–H groups in total. The summed E-state index contributed by atoms with van der Waals surface area (Å²) in [5.74, 6) is -0.403. The van der Waals surface area contributed by atoms with Gasteiger partial charge in [-0.05, 0) is 78.6 Å². The summed E-state index contributed by atoms with van der Waals surface area (Å²) in [5.41, 5.74) is 4.85. The zero-order valence-electron chi connectivity index (χ0n) is 23.6. The summed E-state index contributed by atoms with van der Waals surface area (Å²) in [5, 5.41) is 12.1. The van der Waals surface area contributed by atoms with Crippen LogP contribution in [0, 0.1) is 6.92 Å². The second-order valence-electron chi connectivity index (χ2n) is 10.9. The summed E-state index contributed by atoms with van der Waals surface area (Å²) in [7, 11) is 0. The molecule has 0 bridgehead atoms. The summed E-state index contributed by atoms with van der Waals surface area (Å²) >= 11 is 1.34. The van der Waals surface area contributed by atoms with Crippen LogP contribution in [0.4, 0.5) is 5.13 Å². The second-order valence-corrected chi connectivity index (χ2v) is 11.9. The van der Waals surface area contributed by atoms with Crippen molar-refractivity contribution in [2.24, 2.45) is 0 Å². The minimum absolute atomic E-state index is 0.00700. The predicted octanol–water partition coefficient (Wildman–Crippen LogP) is 7.13. The van der Waals surface area contributed by atoms with Crippen molar-refractivity contribution in [2.75, 3.05) is 4.90 Å². The smallest absolute Gasteiger partial charge is 0.301 e. The van der Waals surface area contributed by atoms with Gasteiger partial charge < -0.3 is 14.6 Å². The van der Waals surface area contributed by atoms with Crippen molar-refractivity contribution in [1.82, 2.24) is 4.98 Å². The number of ketones is 1. The zero-order valence-corrected chi connectivity index (χ0v) is 24.4. The van der Waals surface area contributed by atoms with Crippen LogP contribution >= 0.6 is 11.3 Å². The summed E-state index contributed by atoms with van der Waals surface area (Å²) in [6.45, 7) is 4.34. The number of anilines is 1. The van der Waals surface area contributed by atoms with Crippen LogP contribution in [0.2, 0.25) is 0 Å². The van der Waals surface area contributed by atoms with E-state index in [0.29, 0.717) is 35.0 Å². The fourth-order valence-corrected chi connectivity index (χ4v) is 6.80. The number of aliphatic hydroxyl groups is 1. The molecule has 2 aliphatic rings. The lowest BCUT2D eigenvalue weighted by atomic mass is 9.94. The van der Waals surface area contributed by atoms with Crippen molar-refractivity contribution in [3.63, 3.8) is 0 Å². The quantitative estimate of drug-likeness (QED) is 0.129. The van der Waals surface area contributed by atoms with Gasteiger partial charge in [-0.25, -0.2) is 4.98 Å². The number of thiazole rings is 1. The topological polar surface area (TPSA) is 89.0 Å². The highest BCUT2D eigenvalue weighted by atomic mass is 32.1. The van der Waals surface area contributed by atoms with E-state index in [1.165, 1.54) is 16.2 Å². The Morgan fingerprint density at radius 3 is 2.70 bits per heavy atom. The van der Waals surface area contributed by atoms with Gasteiger partial charge in [-0.15, -0.1) is 0 Å². The molecule has 43 heavy (non-hydrogen) atoms. The lowest BCUT2D eigenvalue weighted by Gasteiger charge is -2.23. The lowest BCUT2D eigenvalue weighted by molar-refractivity contribution is -0.132. The first-order valence-corrected chi connectivity index (χ1v) is 14.9. The third-order valence-electron chi connectivity index (χ3n) is 7.77. The number of carbonyl (C=O) groups excluding carboxylic acids is 2. The van der Waals surface area contributed by atoms with Crippen LogP contribution < -0.4 is 14.4 Å². The third kappa shape index (κ3) is 4.93. The minimum Gasteiger partial charge on any atom is -0.507 e. The molecule has 1 fully saturated rings. The fraction of sp³-hybridized carbons (Fsp3) is 0.171. The molecule has 0 saturated carbocycles. The Morgan fingerprint density at radius 2 is 1.86 bits per heavy atom. The largest absolute Gasteiger partial charge is 0.507 e. The summed E-state index contributed by atoms with van der Waals surface area (Å²) in [6, 6.07) is 27.4. The third-order valence-corrected chi connectivity index (χ3v) is 8.79. The summed E-state index contributed by atoms with van der Waals surface area (Å²) in [6.07, 6.45) is 0.722. The van der Waals surface area contributed by atoms with Crippen LogP contribution in [0.1, 0.15) is 40.8 Å². The van der Waals surface area contributed by atoms with Crippen LogP contribution in [0.25, 0.3) is 16.0 Å². The fourth-order valence-electron chi connectivity index (χ4n) is 5.71. The van der Waals surface area contributed by atoms with Gasteiger partial charge in [0.25, 0.3) is 5.78 Å². The second kappa shape index (κ2) is 10.7. The van der Waals surface area contributed by atoms with Gasteiger partial charge in [0, 0.05) is 12.0 Å². The average molecular weight is 589 g/mol. The van der Waals surface area contributed by atoms with E-state index >= 15 is 0 Å². The SMILES string of the molecule is Cc1ccc2nc(N3C(=O)C(=O)/C(=C(/O)c4ccc5c(c4)C[C@@H](C)O5)[C@@H]3c3cccc(OCc4ccccc4)c3)sc2c1. The monoisotopic (exact) mass is 588 g/mol. The number of Topliss-reactive ketones (excluding diaryl/α,β-unsaturated/α-hetero) is 1. The number of carbonyl (C=O) groups is 2. The molecular weight excluding hydrogens is 560 g/mol. The Morgan fingerprint density at radius 1 is 1.02 bits per heavy atom. The number of fused-ring (bicyclic) bond motifs is 2. The van der Waals surface area contributed by atoms with E-state index in [1.54, 1.807) is 12.1 Å². The van der Waals surface area contributed by atoms with Gasteiger partial charge in [-0.3, -0.25) is 14.5 Å². The van der Waals surface area contributed by atoms with Crippen molar-refractivity contribution in [1.29, 1.82) is 0 Å². The Bertz CT molecular complexity index is 1930. The molecule has 8 heteroatoms. The molecule has 4 aromatic carbocycles. The molecule has 0 aliphatic carbocycles. The predicted molar refractivity (Wildman–Crippen MR) is 167 cm³/mol. The Hall–Kier alpha value is -4.95. The van der Waals surface area contributed by atoms with E-state index in [0.717, 1.165) is 32.7 Å². The van der Waals surface area contributed by atoms with Gasteiger partial charge in [0.1, 0.15) is 30.0 Å². The molecule has 7 nitrogen and oxygen atoms in total. The van der Waals surface area contributed by atoms with E-state index in [4.69, 9.17) is 14.5 Å². The van der Waals surface area contributed by atoms with Crippen molar-refractivity contribution in [3.05, 3.63) is 124 Å². The van der Waals surface area contributed by atoms with Crippen molar-refractivity contribution >= 4 is 44.1 Å². The first kappa shape index (κ1) is 26.9. The molecule has 5 aromatic rings. The number of aliphatic hydroxyl groups excluding tert-OH is 1. The Balaban J connectivity index is 1.35.